The van der Waals surface area contributed by atoms with Crippen LogP contribution in [0, 0.1) is 0 Å². The quantitative estimate of drug-likeness (QED) is 0.310. The Balaban J connectivity index is 1.53. The first-order valence-electron chi connectivity index (χ1n) is 12.5. The third-order valence-electron chi connectivity index (χ3n) is 7.25. The van der Waals surface area contributed by atoms with Crippen LogP contribution < -0.4 is 5.48 Å². The van der Waals surface area contributed by atoms with Gasteiger partial charge in [0.15, 0.2) is 0 Å². The van der Waals surface area contributed by atoms with Crippen LogP contribution in [-0.4, -0.2) is 45.0 Å². The van der Waals surface area contributed by atoms with Crippen molar-refractivity contribution in [3.63, 3.8) is 0 Å². The van der Waals surface area contributed by atoms with Gasteiger partial charge >= 0.3 is 5.97 Å². The molecule has 8 nitrogen and oxygen atoms in total. The van der Waals surface area contributed by atoms with Crippen molar-refractivity contribution in [2.24, 2.45) is 0 Å². The second-order valence-corrected chi connectivity index (χ2v) is 11.6. The average Bonchev–Trinajstić information content (AvgIpc) is 3.39. The monoisotopic (exact) mass is 588 g/mol. The van der Waals surface area contributed by atoms with Crippen molar-refractivity contribution in [3.05, 3.63) is 91.1 Å². The zero-order valence-corrected chi connectivity index (χ0v) is 23.0. The molecule has 0 spiro atoms. The predicted octanol–water partition coefficient (Wildman–Crippen LogP) is 5.59. The predicted molar refractivity (Wildman–Crippen MR) is 147 cm³/mol. The Morgan fingerprint density at radius 2 is 1.82 bits per heavy atom. The molecule has 3 aromatic rings. The van der Waals surface area contributed by atoms with E-state index >= 15 is 0 Å². The molecular weight excluding hydrogens is 563 g/mol. The molecule has 1 saturated carbocycles. The fraction of sp³-hybridized carbons (Fsp3) is 0.321. The van der Waals surface area contributed by atoms with Gasteiger partial charge in [0.2, 0.25) is 0 Å². The molecule has 1 unspecified atom stereocenters. The molecule has 3 N–H and O–H groups in total. The lowest BCUT2D eigenvalue weighted by molar-refractivity contribution is -0.138. The zero-order valence-electron chi connectivity index (χ0n) is 20.7. The van der Waals surface area contributed by atoms with Crippen LogP contribution in [0.2, 0.25) is 10.0 Å². The number of aliphatic hydroxyl groups is 1. The number of carbonyl (C=O) groups excluding carboxylic acids is 2. The van der Waals surface area contributed by atoms with Crippen molar-refractivity contribution in [1.29, 1.82) is 0 Å². The third-order valence-corrected chi connectivity index (χ3v) is 8.86. The largest absolute Gasteiger partial charge is 0.477 e. The highest BCUT2D eigenvalue weighted by Gasteiger charge is 2.49. The molecule has 1 aliphatic heterocycles. The highest BCUT2D eigenvalue weighted by molar-refractivity contribution is 7.13. The maximum Gasteiger partial charge on any atom is 0.345 e. The maximum atomic E-state index is 14.0. The first kappa shape index (κ1) is 27.6. The number of aliphatic hydroxyl groups excluding tert-OH is 1. The molecule has 2 amide bonds. The number of benzene rings is 2. The van der Waals surface area contributed by atoms with E-state index in [0.717, 1.165) is 24.2 Å². The van der Waals surface area contributed by atoms with E-state index in [2.05, 4.69) is 5.48 Å². The van der Waals surface area contributed by atoms with E-state index in [4.69, 9.17) is 33.1 Å². The number of amides is 2. The SMILES string of the molecule is O=C(O)c1ccc(CONC(=O)[C@@H]2c3ccccc3C(=O)N([C@H]3CCCC[C@@H]3O)C2c2ccc(Cl)cc2Cl)s1. The Bertz CT molecular complexity index is 1410. The van der Waals surface area contributed by atoms with E-state index in [1.807, 2.05) is 0 Å². The fourth-order valence-electron chi connectivity index (χ4n) is 5.50. The minimum absolute atomic E-state index is 0.0333. The van der Waals surface area contributed by atoms with E-state index < -0.39 is 36.0 Å². The molecule has 11 heteroatoms. The second-order valence-electron chi connectivity index (χ2n) is 9.63. The number of hydroxylamine groups is 1. The van der Waals surface area contributed by atoms with Gasteiger partial charge in [-0.25, -0.2) is 10.3 Å². The topological polar surface area (TPSA) is 116 Å². The fourth-order valence-corrected chi connectivity index (χ4v) is 6.78. The molecular formula is C28H26Cl2N2O6S. The van der Waals surface area contributed by atoms with Gasteiger partial charge in [0.1, 0.15) is 11.5 Å². The summed E-state index contributed by atoms with van der Waals surface area (Å²) in [5.74, 6) is -2.73. The first-order chi connectivity index (χ1) is 18.8. The Morgan fingerprint density at radius 3 is 2.54 bits per heavy atom. The number of rotatable bonds is 7. The third kappa shape index (κ3) is 5.55. The summed E-state index contributed by atoms with van der Waals surface area (Å²) >= 11 is 13.9. The minimum atomic E-state index is -1.04. The number of hydrogen-bond donors (Lipinski definition) is 3. The number of nitrogens with zero attached hydrogens (tertiary/aromatic N) is 1. The van der Waals surface area contributed by atoms with Crippen molar-refractivity contribution in [2.75, 3.05) is 0 Å². The normalized spacial score (nSPS) is 22.8. The van der Waals surface area contributed by atoms with Gasteiger partial charge in [-0.2, -0.15) is 0 Å². The summed E-state index contributed by atoms with van der Waals surface area (Å²) in [5.41, 5.74) is 3.94. The molecule has 39 heavy (non-hydrogen) atoms. The van der Waals surface area contributed by atoms with Crippen molar-refractivity contribution in [1.82, 2.24) is 10.4 Å². The zero-order chi connectivity index (χ0) is 27.7. The molecule has 2 aromatic carbocycles. The summed E-state index contributed by atoms with van der Waals surface area (Å²) in [6, 6.07) is 13.6. The molecule has 0 bridgehead atoms. The highest BCUT2D eigenvalue weighted by atomic mass is 35.5. The molecule has 1 fully saturated rings. The summed E-state index contributed by atoms with van der Waals surface area (Å²) in [5, 5.41) is 20.9. The summed E-state index contributed by atoms with van der Waals surface area (Å²) in [6.45, 7) is -0.0333. The van der Waals surface area contributed by atoms with Crippen LogP contribution in [0.15, 0.2) is 54.6 Å². The van der Waals surface area contributed by atoms with Crippen molar-refractivity contribution in [3.8, 4) is 0 Å². The van der Waals surface area contributed by atoms with Gasteiger partial charge in [-0.05, 0) is 54.3 Å². The summed E-state index contributed by atoms with van der Waals surface area (Å²) in [7, 11) is 0. The van der Waals surface area contributed by atoms with E-state index in [-0.39, 0.29) is 17.4 Å². The van der Waals surface area contributed by atoms with Crippen LogP contribution in [0.4, 0.5) is 0 Å². The van der Waals surface area contributed by atoms with Crippen LogP contribution in [0.1, 0.15) is 73.7 Å². The number of carbonyl (C=O) groups is 3. The maximum absolute atomic E-state index is 14.0. The van der Waals surface area contributed by atoms with Gasteiger partial charge in [0.25, 0.3) is 11.8 Å². The molecule has 4 atom stereocenters. The van der Waals surface area contributed by atoms with Gasteiger partial charge < -0.3 is 15.1 Å². The highest BCUT2D eigenvalue weighted by Crippen LogP contribution is 2.47. The summed E-state index contributed by atoms with van der Waals surface area (Å²) < 4.78 is 0. The molecule has 1 aliphatic carbocycles. The lowest BCUT2D eigenvalue weighted by Gasteiger charge is -2.48. The number of halogens is 2. The standard InChI is InChI=1S/C28H26Cl2N2O6S/c29-15-9-11-19(20(30)13-15)25-24(26(34)31-38-14-16-10-12-23(39-16)28(36)37)17-5-1-2-6-18(17)27(35)32(25)21-7-3-4-8-22(21)33/h1-2,5-6,9-13,21-22,24-25,33H,3-4,7-8,14H2,(H,31,34)(H,36,37)/t21-,22-,24+,25?/m0/s1. The number of nitrogens with one attached hydrogen (secondary N) is 1. The number of fused-ring (bicyclic) bond motifs is 1. The van der Waals surface area contributed by atoms with Gasteiger partial charge in [-0.15, -0.1) is 11.3 Å². The number of carboxylic acid groups (broad SMARTS) is 1. The molecule has 2 aliphatic rings. The van der Waals surface area contributed by atoms with Crippen molar-refractivity contribution in [2.45, 2.75) is 56.4 Å². The Labute approximate surface area is 239 Å². The number of aromatic carboxylic acids is 1. The second kappa shape index (κ2) is 11.7. The van der Waals surface area contributed by atoms with E-state index in [0.29, 0.717) is 44.5 Å². The number of hydrogen-bond acceptors (Lipinski definition) is 6. The van der Waals surface area contributed by atoms with Crippen molar-refractivity contribution < 1.29 is 29.4 Å². The molecule has 0 saturated heterocycles. The van der Waals surface area contributed by atoms with Crippen molar-refractivity contribution >= 4 is 52.3 Å². The Hall–Kier alpha value is -2.95. The number of carboxylic acids is 1. The molecule has 204 valence electrons. The van der Waals surface area contributed by atoms with E-state index in [1.54, 1.807) is 53.4 Å². The lowest BCUT2D eigenvalue weighted by Crippen LogP contribution is -2.55. The van der Waals surface area contributed by atoms with Gasteiger partial charge in [-0.1, -0.05) is 60.3 Å². The van der Waals surface area contributed by atoms with Crippen LogP contribution in [0.5, 0.6) is 0 Å². The molecule has 0 radical (unpaired) electrons. The summed E-state index contributed by atoms with van der Waals surface area (Å²) in [6.07, 6.45) is 2.09. The molecule has 5 rings (SSSR count). The summed E-state index contributed by atoms with van der Waals surface area (Å²) in [4.78, 5) is 46.9. The Morgan fingerprint density at radius 1 is 1.05 bits per heavy atom. The first-order valence-corrected chi connectivity index (χ1v) is 14.1. The number of thiophene rings is 1. The van der Waals surface area contributed by atoms with Crippen LogP contribution in [0.25, 0.3) is 0 Å². The minimum Gasteiger partial charge on any atom is -0.477 e. The van der Waals surface area contributed by atoms with Gasteiger partial charge in [0.05, 0.1) is 24.1 Å². The van der Waals surface area contributed by atoms with Gasteiger partial charge in [0, 0.05) is 20.5 Å². The lowest BCUT2D eigenvalue weighted by atomic mass is 9.77. The van der Waals surface area contributed by atoms with Crippen LogP contribution in [0.3, 0.4) is 0 Å². The van der Waals surface area contributed by atoms with E-state index in [1.165, 1.54) is 6.07 Å². The Kier molecular flexibility index (Phi) is 8.25. The smallest absolute Gasteiger partial charge is 0.345 e. The molecule has 1 aromatic heterocycles. The average molecular weight is 589 g/mol. The van der Waals surface area contributed by atoms with Crippen LogP contribution in [-0.2, 0) is 16.2 Å². The van der Waals surface area contributed by atoms with Crippen LogP contribution >= 0.6 is 34.5 Å². The van der Waals surface area contributed by atoms with Gasteiger partial charge in [-0.3, -0.25) is 14.4 Å². The van der Waals surface area contributed by atoms with E-state index in [9.17, 15) is 19.5 Å². The molecule has 2 heterocycles.